The largest absolute Gasteiger partial charge is 0.339 e. The fraction of sp³-hybridized carbons (Fsp3) is 0.278. The minimum atomic E-state index is -3.57. The summed E-state index contributed by atoms with van der Waals surface area (Å²) < 4.78 is 26.8. The number of piperazine rings is 1. The third kappa shape index (κ3) is 5.18. The minimum Gasteiger partial charge on any atom is -0.339 e. The lowest BCUT2D eigenvalue weighted by Gasteiger charge is -2.34. The van der Waals surface area contributed by atoms with Gasteiger partial charge in [-0.1, -0.05) is 23.2 Å². The molecular formula is C18H18Cl2N2O3S2. The Labute approximate surface area is 173 Å². The van der Waals surface area contributed by atoms with Crippen LogP contribution >= 0.6 is 35.0 Å². The average molecular weight is 445 g/mol. The Bertz CT molecular complexity index is 895. The maximum absolute atomic E-state index is 12.7. The van der Waals surface area contributed by atoms with E-state index in [1.54, 1.807) is 29.2 Å². The molecular weight excluding hydrogens is 427 g/mol. The van der Waals surface area contributed by atoms with Crippen molar-refractivity contribution < 1.29 is 13.2 Å². The second-order valence-electron chi connectivity index (χ2n) is 5.98. The average Bonchev–Trinajstić information content (AvgIpc) is 2.68. The van der Waals surface area contributed by atoms with Crippen LogP contribution in [0.3, 0.4) is 0 Å². The van der Waals surface area contributed by atoms with E-state index in [-0.39, 0.29) is 23.9 Å². The molecule has 144 valence electrons. The summed E-state index contributed by atoms with van der Waals surface area (Å²) in [6.45, 7) is 1.32. The van der Waals surface area contributed by atoms with Gasteiger partial charge in [0.1, 0.15) is 0 Å². The molecule has 0 bridgehead atoms. The first-order valence-electron chi connectivity index (χ1n) is 8.28. The van der Waals surface area contributed by atoms with E-state index < -0.39 is 10.0 Å². The number of amides is 1. The van der Waals surface area contributed by atoms with Crippen LogP contribution in [0.25, 0.3) is 0 Å². The van der Waals surface area contributed by atoms with Crippen LogP contribution in [0.2, 0.25) is 10.0 Å². The summed E-state index contributed by atoms with van der Waals surface area (Å²) in [6, 6.07) is 13.4. The van der Waals surface area contributed by atoms with E-state index in [1.165, 1.54) is 28.2 Å². The summed E-state index contributed by atoms with van der Waals surface area (Å²) in [4.78, 5) is 15.3. The Morgan fingerprint density at radius 3 is 1.96 bits per heavy atom. The Morgan fingerprint density at radius 1 is 0.889 bits per heavy atom. The third-order valence-electron chi connectivity index (χ3n) is 4.22. The van der Waals surface area contributed by atoms with Crippen molar-refractivity contribution in [2.75, 3.05) is 31.9 Å². The van der Waals surface area contributed by atoms with Crippen LogP contribution in [0.5, 0.6) is 0 Å². The number of benzene rings is 2. The van der Waals surface area contributed by atoms with Crippen molar-refractivity contribution in [3.63, 3.8) is 0 Å². The Balaban J connectivity index is 1.54. The molecule has 1 fully saturated rings. The zero-order chi connectivity index (χ0) is 19.4. The quantitative estimate of drug-likeness (QED) is 0.660. The van der Waals surface area contributed by atoms with Gasteiger partial charge in [-0.3, -0.25) is 4.79 Å². The summed E-state index contributed by atoms with van der Waals surface area (Å²) in [7, 11) is -3.57. The molecule has 27 heavy (non-hydrogen) atoms. The molecule has 0 aliphatic carbocycles. The standard InChI is InChI=1S/C18H18Cl2N2O3S2/c19-14-1-5-16(6-2-14)26-13-18(23)21-9-11-22(12-10-21)27(24,25)17-7-3-15(20)4-8-17/h1-8H,9-13H2. The molecule has 0 atom stereocenters. The first-order valence-corrected chi connectivity index (χ1v) is 11.5. The SMILES string of the molecule is O=C(CSc1ccc(Cl)cc1)N1CCN(S(=O)(=O)c2ccc(Cl)cc2)CC1. The van der Waals surface area contributed by atoms with Crippen molar-refractivity contribution in [3.8, 4) is 0 Å². The fourth-order valence-corrected chi connectivity index (χ4v) is 5.18. The fourth-order valence-electron chi connectivity index (χ4n) is 2.70. The van der Waals surface area contributed by atoms with Crippen LogP contribution in [-0.2, 0) is 14.8 Å². The lowest BCUT2D eigenvalue weighted by atomic mass is 10.3. The molecule has 1 aliphatic rings. The van der Waals surface area contributed by atoms with Crippen LogP contribution < -0.4 is 0 Å². The highest BCUT2D eigenvalue weighted by molar-refractivity contribution is 8.00. The van der Waals surface area contributed by atoms with Gasteiger partial charge in [-0.2, -0.15) is 4.31 Å². The molecule has 1 heterocycles. The summed E-state index contributed by atoms with van der Waals surface area (Å²) in [6.07, 6.45) is 0. The number of halogens is 2. The van der Waals surface area contributed by atoms with Gasteiger partial charge in [0.25, 0.3) is 0 Å². The zero-order valence-corrected chi connectivity index (χ0v) is 17.5. The summed E-state index contributed by atoms with van der Waals surface area (Å²) in [5.41, 5.74) is 0. The molecule has 0 unspecified atom stereocenters. The van der Waals surface area contributed by atoms with E-state index in [0.29, 0.717) is 28.9 Å². The lowest BCUT2D eigenvalue weighted by molar-refractivity contribution is -0.129. The highest BCUT2D eigenvalue weighted by Crippen LogP contribution is 2.22. The monoisotopic (exact) mass is 444 g/mol. The van der Waals surface area contributed by atoms with Crippen LogP contribution in [0.1, 0.15) is 0 Å². The maximum Gasteiger partial charge on any atom is 0.243 e. The molecule has 0 radical (unpaired) electrons. The molecule has 0 spiro atoms. The first kappa shape index (κ1) is 20.5. The molecule has 3 rings (SSSR count). The van der Waals surface area contributed by atoms with E-state index >= 15 is 0 Å². The topological polar surface area (TPSA) is 57.7 Å². The van der Waals surface area contributed by atoms with Crippen LogP contribution in [-0.4, -0.2) is 55.5 Å². The molecule has 0 aromatic heterocycles. The van der Waals surface area contributed by atoms with Crippen molar-refractivity contribution in [1.82, 2.24) is 9.21 Å². The van der Waals surface area contributed by atoms with Crippen LogP contribution in [0.4, 0.5) is 0 Å². The van der Waals surface area contributed by atoms with Gasteiger partial charge < -0.3 is 4.90 Å². The molecule has 0 saturated carbocycles. The number of carbonyl (C=O) groups excluding carboxylic acids is 1. The molecule has 1 aliphatic heterocycles. The van der Waals surface area contributed by atoms with Crippen molar-refractivity contribution in [2.24, 2.45) is 0 Å². The number of hydrogen-bond acceptors (Lipinski definition) is 4. The van der Waals surface area contributed by atoms with Crippen LogP contribution in [0, 0.1) is 0 Å². The summed E-state index contributed by atoms with van der Waals surface area (Å²) in [5.74, 6) is 0.310. The van der Waals surface area contributed by atoms with E-state index in [0.717, 1.165) is 4.90 Å². The van der Waals surface area contributed by atoms with Crippen molar-refractivity contribution >= 4 is 50.9 Å². The van der Waals surface area contributed by atoms with Gasteiger partial charge >= 0.3 is 0 Å². The highest BCUT2D eigenvalue weighted by Gasteiger charge is 2.29. The van der Waals surface area contributed by atoms with Gasteiger partial charge in [0, 0.05) is 41.1 Å². The third-order valence-corrected chi connectivity index (χ3v) is 7.63. The number of thioether (sulfide) groups is 1. The Morgan fingerprint density at radius 2 is 1.41 bits per heavy atom. The zero-order valence-electron chi connectivity index (χ0n) is 14.3. The molecule has 1 amide bonds. The summed E-state index contributed by atoms with van der Waals surface area (Å²) >= 11 is 13.1. The van der Waals surface area contributed by atoms with E-state index in [2.05, 4.69) is 0 Å². The van der Waals surface area contributed by atoms with E-state index in [1.807, 2.05) is 12.1 Å². The highest BCUT2D eigenvalue weighted by atomic mass is 35.5. The number of hydrogen-bond donors (Lipinski definition) is 0. The number of nitrogens with zero attached hydrogens (tertiary/aromatic N) is 2. The Kier molecular flexibility index (Phi) is 6.70. The second kappa shape index (κ2) is 8.84. The van der Waals surface area contributed by atoms with E-state index in [4.69, 9.17) is 23.2 Å². The molecule has 9 heteroatoms. The number of sulfonamides is 1. The van der Waals surface area contributed by atoms with Gasteiger partial charge in [0.05, 0.1) is 10.6 Å². The van der Waals surface area contributed by atoms with Gasteiger partial charge in [0.15, 0.2) is 0 Å². The van der Waals surface area contributed by atoms with Gasteiger partial charge in [-0.15, -0.1) is 11.8 Å². The molecule has 2 aromatic carbocycles. The van der Waals surface area contributed by atoms with Crippen molar-refractivity contribution in [3.05, 3.63) is 58.6 Å². The van der Waals surface area contributed by atoms with Gasteiger partial charge in [-0.05, 0) is 48.5 Å². The van der Waals surface area contributed by atoms with Crippen LogP contribution in [0.15, 0.2) is 58.3 Å². The molecule has 1 saturated heterocycles. The number of carbonyl (C=O) groups is 1. The minimum absolute atomic E-state index is 0.00140. The van der Waals surface area contributed by atoms with Gasteiger partial charge in [-0.25, -0.2) is 8.42 Å². The predicted octanol–water partition coefficient (Wildman–Crippen LogP) is 3.62. The van der Waals surface area contributed by atoms with Crippen molar-refractivity contribution in [2.45, 2.75) is 9.79 Å². The second-order valence-corrected chi connectivity index (χ2v) is 9.84. The Hall–Kier alpha value is -1.25. The predicted molar refractivity (Wildman–Crippen MR) is 109 cm³/mol. The normalized spacial score (nSPS) is 15.7. The smallest absolute Gasteiger partial charge is 0.243 e. The first-order chi connectivity index (χ1) is 12.9. The summed E-state index contributed by atoms with van der Waals surface area (Å²) in [5, 5.41) is 1.14. The lowest BCUT2D eigenvalue weighted by Crippen LogP contribution is -2.50. The maximum atomic E-state index is 12.7. The number of rotatable bonds is 5. The van der Waals surface area contributed by atoms with Crippen molar-refractivity contribution in [1.29, 1.82) is 0 Å². The van der Waals surface area contributed by atoms with E-state index in [9.17, 15) is 13.2 Å². The van der Waals surface area contributed by atoms with Gasteiger partial charge in [0.2, 0.25) is 15.9 Å². The molecule has 0 N–H and O–H groups in total. The molecule has 5 nitrogen and oxygen atoms in total. The molecule has 2 aromatic rings.